The Bertz CT molecular complexity index is 646. The Morgan fingerprint density at radius 2 is 1.75 bits per heavy atom. The Morgan fingerprint density at radius 3 is 2.50 bits per heavy atom. The summed E-state index contributed by atoms with van der Waals surface area (Å²) < 4.78 is 5.39. The zero-order valence-electron chi connectivity index (χ0n) is 11.9. The van der Waals surface area contributed by atoms with Gasteiger partial charge in [0.2, 0.25) is 0 Å². The van der Waals surface area contributed by atoms with Crippen molar-refractivity contribution in [1.82, 2.24) is 5.32 Å². The first-order valence-corrected chi connectivity index (χ1v) is 6.93. The van der Waals surface area contributed by atoms with Gasteiger partial charge in [-0.1, -0.05) is 42.5 Å². The summed E-state index contributed by atoms with van der Waals surface area (Å²) in [5, 5.41) is 3.32. The van der Waals surface area contributed by atoms with Gasteiger partial charge in [-0.2, -0.15) is 0 Å². The molecule has 2 nitrogen and oxygen atoms in total. The summed E-state index contributed by atoms with van der Waals surface area (Å²) in [4.78, 5) is 0. The van der Waals surface area contributed by atoms with E-state index in [1.54, 1.807) is 7.11 Å². The van der Waals surface area contributed by atoms with E-state index in [0.29, 0.717) is 5.92 Å². The molecule has 0 radical (unpaired) electrons. The number of nitrogens with one attached hydrogen (secondary N) is 1. The van der Waals surface area contributed by atoms with E-state index in [2.05, 4.69) is 53.9 Å². The zero-order chi connectivity index (χ0) is 13.9. The number of rotatable bonds is 3. The molecule has 2 heteroatoms. The standard InChI is InChI=1S/C18H19NO/c1-19-12-18-16-6-4-3-5-13(16)7-8-14-9-10-15(20-2)11-17(14)18/h3-11,18-19H,12H2,1-2H3. The number of hydrogen-bond acceptors (Lipinski definition) is 2. The minimum atomic E-state index is 0.344. The quantitative estimate of drug-likeness (QED) is 0.916. The van der Waals surface area contributed by atoms with E-state index in [4.69, 9.17) is 4.74 Å². The molecule has 0 bridgehead atoms. The van der Waals surface area contributed by atoms with Crippen molar-refractivity contribution in [1.29, 1.82) is 0 Å². The molecule has 0 saturated heterocycles. The predicted molar refractivity (Wildman–Crippen MR) is 84.1 cm³/mol. The molecule has 2 aromatic carbocycles. The largest absolute Gasteiger partial charge is 0.497 e. The van der Waals surface area contributed by atoms with E-state index in [9.17, 15) is 0 Å². The van der Waals surface area contributed by atoms with Crippen molar-refractivity contribution in [3.8, 4) is 5.75 Å². The van der Waals surface area contributed by atoms with Gasteiger partial charge in [-0.25, -0.2) is 0 Å². The number of ether oxygens (including phenoxy) is 1. The Hall–Kier alpha value is -2.06. The zero-order valence-corrected chi connectivity index (χ0v) is 11.9. The fourth-order valence-electron chi connectivity index (χ4n) is 2.88. The molecule has 0 aromatic heterocycles. The van der Waals surface area contributed by atoms with Gasteiger partial charge in [0.25, 0.3) is 0 Å². The molecule has 1 aliphatic rings. The topological polar surface area (TPSA) is 21.3 Å². The second kappa shape index (κ2) is 5.51. The van der Waals surface area contributed by atoms with Gasteiger partial charge in [-0.05, 0) is 41.4 Å². The van der Waals surface area contributed by atoms with Crippen LogP contribution >= 0.6 is 0 Å². The smallest absolute Gasteiger partial charge is 0.119 e. The number of hydrogen-bond donors (Lipinski definition) is 1. The minimum absolute atomic E-state index is 0.344. The van der Waals surface area contributed by atoms with Crippen LogP contribution in [0, 0.1) is 0 Å². The summed E-state index contributed by atoms with van der Waals surface area (Å²) >= 11 is 0. The fourth-order valence-corrected chi connectivity index (χ4v) is 2.88. The van der Waals surface area contributed by atoms with Crippen molar-refractivity contribution in [3.05, 3.63) is 64.7 Å². The second-order valence-electron chi connectivity index (χ2n) is 5.07. The van der Waals surface area contributed by atoms with Crippen LogP contribution in [0.2, 0.25) is 0 Å². The average Bonchev–Trinajstić information content (AvgIpc) is 2.65. The highest BCUT2D eigenvalue weighted by molar-refractivity contribution is 5.77. The lowest BCUT2D eigenvalue weighted by Crippen LogP contribution is -2.19. The lowest BCUT2D eigenvalue weighted by atomic mass is 9.87. The first kappa shape index (κ1) is 12.9. The van der Waals surface area contributed by atoms with Gasteiger partial charge in [0.05, 0.1) is 7.11 Å². The Morgan fingerprint density at radius 1 is 1.00 bits per heavy atom. The molecule has 0 saturated carbocycles. The number of fused-ring (bicyclic) bond motifs is 2. The third-order valence-electron chi connectivity index (χ3n) is 3.89. The van der Waals surface area contributed by atoms with Crippen molar-refractivity contribution in [2.75, 3.05) is 20.7 Å². The predicted octanol–water partition coefficient (Wildman–Crippen LogP) is 3.53. The van der Waals surface area contributed by atoms with Crippen molar-refractivity contribution < 1.29 is 4.74 Å². The van der Waals surface area contributed by atoms with Crippen molar-refractivity contribution in [3.63, 3.8) is 0 Å². The van der Waals surface area contributed by atoms with E-state index in [0.717, 1.165) is 12.3 Å². The molecule has 20 heavy (non-hydrogen) atoms. The maximum absolute atomic E-state index is 5.39. The van der Waals surface area contributed by atoms with E-state index in [1.165, 1.54) is 22.3 Å². The molecule has 0 aliphatic heterocycles. The maximum Gasteiger partial charge on any atom is 0.119 e. The summed E-state index contributed by atoms with van der Waals surface area (Å²) in [6, 6.07) is 14.9. The average molecular weight is 265 g/mol. The molecule has 0 fully saturated rings. The van der Waals surface area contributed by atoms with E-state index < -0.39 is 0 Å². The van der Waals surface area contributed by atoms with Crippen LogP contribution in [-0.2, 0) is 0 Å². The maximum atomic E-state index is 5.39. The van der Waals surface area contributed by atoms with Crippen LogP contribution in [-0.4, -0.2) is 20.7 Å². The second-order valence-corrected chi connectivity index (χ2v) is 5.07. The Labute approximate surface area is 120 Å². The van der Waals surface area contributed by atoms with Crippen LogP contribution in [0.25, 0.3) is 12.2 Å². The van der Waals surface area contributed by atoms with Crippen molar-refractivity contribution in [2.45, 2.75) is 5.92 Å². The number of likely N-dealkylation sites (N-methyl/N-ethyl adjacent to an activating group) is 1. The lowest BCUT2D eigenvalue weighted by Gasteiger charge is -2.20. The third-order valence-corrected chi connectivity index (χ3v) is 3.89. The van der Waals surface area contributed by atoms with Gasteiger partial charge in [0.1, 0.15) is 5.75 Å². The van der Waals surface area contributed by atoms with Crippen molar-refractivity contribution >= 4 is 12.2 Å². The Balaban J connectivity index is 2.19. The minimum Gasteiger partial charge on any atom is -0.497 e. The molecular weight excluding hydrogens is 246 g/mol. The number of benzene rings is 2. The molecule has 1 atom stereocenters. The van der Waals surface area contributed by atoms with Crippen LogP contribution in [0.5, 0.6) is 5.75 Å². The van der Waals surface area contributed by atoms with Crippen LogP contribution in [0.1, 0.15) is 28.2 Å². The van der Waals surface area contributed by atoms with Crippen LogP contribution in [0.3, 0.4) is 0 Å². The van der Waals surface area contributed by atoms with Crippen molar-refractivity contribution in [2.24, 2.45) is 0 Å². The molecule has 102 valence electrons. The van der Waals surface area contributed by atoms with E-state index in [-0.39, 0.29) is 0 Å². The normalized spacial score (nSPS) is 16.2. The molecular formula is C18H19NO. The van der Waals surface area contributed by atoms with Crippen LogP contribution < -0.4 is 10.1 Å². The van der Waals surface area contributed by atoms with E-state index in [1.807, 2.05) is 13.1 Å². The molecule has 1 aliphatic carbocycles. The van der Waals surface area contributed by atoms with Crippen LogP contribution in [0.15, 0.2) is 42.5 Å². The van der Waals surface area contributed by atoms with E-state index >= 15 is 0 Å². The SMILES string of the molecule is CNCC1c2ccccc2C=Cc2ccc(OC)cc21. The molecule has 1 unspecified atom stereocenters. The summed E-state index contributed by atoms with van der Waals surface area (Å²) in [5.41, 5.74) is 5.25. The molecule has 2 aromatic rings. The monoisotopic (exact) mass is 265 g/mol. The summed E-state index contributed by atoms with van der Waals surface area (Å²) in [7, 11) is 3.72. The highest BCUT2D eigenvalue weighted by atomic mass is 16.5. The molecule has 0 heterocycles. The first-order chi connectivity index (χ1) is 9.83. The molecule has 0 amide bonds. The van der Waals surface area contributed by atoms with Gasteiger partial charge < -0.3 is 10.1 Å². The van der Waals surface area contributed by atoms with Gasteiger partial charge in [-0.3, -0.25) is 0 Å². The lowest BCUT2D eigenvalue weighted by molar-refractivity contribution is 0.414. The van der Waals surface area contributed by atoms with Crippen LogP contribution in [0.4, 0.5) is 0 Å². The highest BCUT2D eigenvalue weighted by Gasteiger charge is 2.21. The third kappa shape index (κ3) is 2.23. The summed E-state index contributed by atoms with van der Waals surface area (Å²) in [6.45, 7) is 0.916. The van der Waals surface area contributed by atoms with Gasteiger partial charge in [0.15, 0.2) is 0 Å². The van der Waals surface area contributed by atoms with Gasteiger partial charge in [-0.15, -0.1) is 0 Å². The summed E-state index contributed by atoms with van der Waals surface area (Å²) in [5.74, 6) is 1.26. The molecule has 3 rings (SSSR count). The highest BCUT2D eigenvalue weighted by Crippen LogP contribution is 2.35. The molecule has 0 spiro atoms. The van der Waals surface area contributed by atoms with Gasteiger partial charge in [0, 0.05) is 12.5 Å². The number of methoxy groups -OCH3 is 1. The summed E-state index contributed by atoms with van der Waals surface area (Å²) in [6.07, 6.45) is 4.40. The molecule has 1 N–H and O–H groups in total. The fraction of sp³-hybridized carbons (Fsp3) is 0.222. The Kier molecular flexibility index (Phi) is 3.57. The van der Waals surface area contributed by atoms with Gasteiger partial charge >= 0.3 is 0 Å². The first-order valence-electron chi connectivity index (χ1n) is 6.93.